The highest BCUT2D eigenvalue weighted by molar-refractivity contribution is 5.06. The Morgan fingerprint density at radius 1 is 1.00 bits per heavy atom. The largest absolute Gasteiger partial charge is 0.409 e. The second-order valence-electron chi connectivity index (χ2n) is 3.50. The number of hydrogen-bond acceptors (Lipinski definition) is 2. The fourth-order valence-electron chi connectivity index (χ4n) is 1.63. The summed E-state index contributed by atoms with van der Waals surface area (Å²) in [6.45, 7) is -1.27. The third-order valence-corrected chi connectivity index (χ3v) is 2.60. The fourth-order valence-corrected chi connectivity index (χ4v) is 1.63. The van der Waals surface area contributed by atoms with Crippen molar-refractivity contribution >= 4 is 0 Å². The number of aliphatic hydroxyl groups excluding tert-OH is 1. The molecular formula is C7H6F8O2. The molecule has 0 spiro atoms. The van der Waals surface area contributed by atoms with Gasteiger partial charge in [-0.25, -0.2) is 0 Å². The van der Waals surface area contributed by atoms with Crippen LogP contribution in [-0.2, 0) is 4.74 Å². The molecule has 1 rings (SSSR count). The van der Waals surface area contributed by atoms with E-state index >= 15 is 0 Å². The number of hydrogen-bond donors (Lipinski definition) is 1. The summed E-state index contributed by atoms with van der Waals surface area (Å²) >= 11 is 0. The highest BCUT2D eigenvalue weighted by Crippen LogP contribution is 2.63. The third-order valence-electron chi connectivity index (χ3n) is 2.60. The van der Waals surface area contributed by atoms with Gasteiger partial charge in [-0.2, -0.15) is 35.1 Å². The van der Waals surface area contributed by atoms with Crippen LogP contribution in [0.3, 0.4) is 0 Å². The molecule has 10 heteroatoms. The number of rotatable bonds is 0. The summed E-state index contributed by atoms with van der Waals surface area (Å²) in [6, 6.07) is 0. The summed E-state index contributed by atoms with van der Waals surface area (Å²) in [5, 5.41) is 8.53. The molecule has 0 aromatic heterocycles. The van der Waals surface area contributed by atoms with Crippen LogP contribution in [0.2, 0.25) is 0 Å². The first-order chi connectivity index (χ1) is 7.38. The summed E-state index contributed by atoms with van der Waals surface area (Å²) in [4.78, 5) is 0. The number of halogens is 8. The van der Waals surface area contributed by atoms with Gasteiger partial charge in [-0.15, -0.1) is 0 Å². The Balaban J connectivity index is 3.43. The van der Waals surface area contributed by atoms with Crippen LogP contribution in [0.1, 0.15) is 6.42 Å². The maximum atomic E-state index is 13.1. The second-order valence-corrected chi connectivity index (χ2v) is 3.50. The van der Waals surface area contributed by atoms with Crippen molar-refractivity contribution in [1.82, 2.24) is 0 Å². The fraction of sp³-hybridized carbons (Fsp3) is 1.00. The molecule has 0 bridgehead atoms. The Kier molecular flexibility index (Phi) is 3.12. The molecule has 0 radical (unpaired) electrons. The van der Waals surface area contributed by atoms with Crippen LogP contribution in [0.25, 0.3) is 0 Å². The topological polar surface area (TPSA) is 29.5 Å². The van der Waals surface area contributed by atoms with Crippen LogP contribution in [0.15, 0.2) is 0 Å². The van der Waals surface area contributed by atoms with Gasteiger partial charge in [0.15, 0.2) is 0 Å². The van der Waals surface area contributed by atoms with E-state index in [4.69, 9.17) is 5.11 Å². The Morgan fingerprint density at radius 3 is 1.71 bits per heavy atom. The van der Waals surface area contributed by atoms with Gasteiger partial charge in [0.05, 0.1) is 6.61 Å². The van der Waals surface area contributed by atoms with Gasteiger partial charge in [0, 0.05) is 6.42 Å². The zero-order valence-corrected chi connectivity index (χ0v) is 7.87. The van der Waals surface area contributed by atoms with Crippen LogP contribution >= 0.6 is 0 Å². The summed E-state index contributed by atoms with van der Waals surface area (Å²) < 4.78 is 104. The lowest BCUT2D eigenvalue weighted by molar-refractivity contribution is -0.450. The van der Waals surface area contributed by atoms with Crippen molar-refractivity contribution in [3.63, 3.8) is 0 Å². The molecule has 0 aliphatic carbocycles. The van der Waals surface area contributed by atoms with Crippen LogP contribution in [-0.4, -0.2) is 36.3 Å². The molecule has 0 amide bonds. The predicted molar refractivity (Wildman–Crippen MR) is 36.1 cm³/mol. The van der Waals surface area contributed by atoms with Crippen LogP contribution in [0.5, 0.6) is 0 Å². The van der Waals surface area contributed by atoms with Gasteiger partial charge in [0.1, 0.15) is 0 Å². The molecule has 1 saturated heterocycles. The van der Waals surface area contributed by atoms with Gasteiger partial charge in [0.2, 0.25) is 11.7 Å². The lowest BCUT2D eigenvalue weighted by Crippen LogP contribution is -2.68. The minimum absolute atomic E-state index is 1.27. The molecule has 1 aliphatic rings. The van der Waals surface area contributed by atoms with Crippen molar-refractivity contribution < 1.29 is 45.0 Å². The van der Waals surface area contributed by atoms with Gasteiger partial charge < -0.3 is 9.84 Å². The Labute approximate surface area is 89.2 Å². The summed E-state index contributed by atoms with van der Waals surface area (Å²) in [7, 11) is 0. The molecule has 2 nitrogen and oxygen atoms in total. The number of aliphatic hydroxyl groups is 1. The minimum atomic E-state index is -6.25. The van der Waals surface area contributed by atoms with Crippen molar-refractivity contribution in [2.75, 3.05) is 6.61 Å². The monoisotopic (exact) mass is 274 g/mol. The van der Waals surface area contributed by atoms with E-state index in [0.717, 1.165) is 0 Å². The van der Waals surface area contributed by atoms with Gasteiger partial charge in [-0.3, -0.25) is 0 Å². The first kappa shape index (κ1) is 14.4. The summed E-state index contributed by atoms with van der Waals surface area (Å²) in [6.07, 6.45) is -17.9. The van der Waals surface area contributed by atoms with Crippen LogP contribution < -0.4 is 0 Å². The van der Waals surface area contributed by atoms with Crippen LogP contribution in [0, 0.1) is 5.41 Å². The van der Waals surface area contributed by atoms with Crippen LogP contribution in [0.4, 0.5) is 35.1 Å². The van der Waals surface area contributed by atoms with Gasteiger partial charge in [0.25, 0.3) is 0 Å². The average Bonchev–Trinajstić information content (AvgIpc) is 2.04. The van der Waals surface area contributed by atoms with Gasteiger partial charge in [-0.1, -0.05) is 0 Å². The van der Waals surface area contributed by atoms with Crippen molar-refractivity contribution in [2.45, 2.75) is 31.0 Å². The molecule has 1 aliphatic heterocycles. The normalized spacial score (nSPS) is 29.1. The standard InChI is InChI=1S/C7H6F8O2/c8-5(9)3(16)17-2-1-4(5,6(10,11)12)7(13,14)15/h3,16H,1-2H2. The lowest BCUT2D eigenvalue weighted by Gasteiger charge is -2.46. The molecule has 1 unspecified atom stereocenters. The quantitative estimate of drug-likeness (QED) is 0.688. The highest BCUT2D eigenvalue weighted by atomic mass is 19.4. The van der Waals surface area contributed by atoms with E-state index < -0.39 is 43.0 Å². The number of alkyl halides is 8. The molecule has 1 fully saturated rings. The first-order valence-corrected chi connectivity index (χ1v) is 4.19. The van der Waals surface area contributed by atoms with Crippen molar-refractivity contribution in [1.29, 1.82) is 0 Å². The van der Waals surface area contributed by atoms with Gasteiger partial charge >= 0.3 is 18.3 Å². The van der Waals surface area contributed by atoms with E-state index in [9.17, 15) is 35.1 Å². The maximum absolute atomic E-state index is 13.1. The lowest BCUT2D eigenvalue weighted by atomic mass is 9.74. The van der Waals surface area contributed by atoms with Gasteiger partial charge in [-0.05, 0) is 0 Å². The van der Waals surface area contributed by atoms with E-state index in [-0.39, 0.29) is 0 Å². The number of ether oxygens (including phenoxy) is 1. The van der Waals surface area contributed by atoms with E-state index in [1.54, 1.807) is 0 Å². The molecule has 1 heterocycles. The van der Waals surface area contributed by atoms with E-state index in [2.05, 4.69) is 4.74 Å². The average molecular weight is 274 g/mol. The first-order valence-electron chi connectivity index (χ1n) is 4.19. The zero-order valence-electron chi connectivity index (χ0n) is 7.87. The third kappa shape index (κ3) is 1.77. The predicted octanol–water partition coefficient (Wildman–Crippen LogP) is 2.47. The maximum Gasteiger partial charge on any atom is 0.409 e. The van der Waals surface area contributed by atoms with Crippen molar-refractivity contribution in [3.05, 3.63) is 0 Å². The molecule has 1 atom stereocenters. The summed E-state index contributed by atoms with van der Waals surface area (Å²) in [5.74, 6) is -5.50. The minimum Gasteiger partial charge on any atom is -0.363 e. The molecule has 0 aromatic carbocycles. The second kappa shape index (κ2) is 3.67. The molecule has 0 saturated carbocycles. The van der Waals surface area contributed by atoms with E-state index in [1.165, 1.54) is 0 Å². The van der Waals surface area contributed by atoms with E-state index in [1.807, 2.05) is 0 Å². The van der Waals surface area contributed by atoms with E-state index in [0.29, 0.717) is 0 Å². The smallest absolute Gasteiger partial charge is 0.363 e. The molecule has 102 valence electrons. The highest BCUT2D eigenvalue weighted by Gasteiger charge is 2.84. The Bertz CT molecular complexity index is 279. The Morgan fingerprint density at radius 2 is 1.41 bits per heavy atom. The summed E-state index contributed by atoms with van der Waals surface area (Å²) in [5.41, 5.74) is -5.29. The molecule has 1 N–H and O–H groups in total. The molecule has 0 aromatic rings. The molecular weight excluding hydrogens is 268 g/mol. The zero-order chi connectivity index (χ0) is 13.7. The van der Waals surface area contributed by atoms with Crippen molar-refractivity contribution in [3.8, 4) is 0 Å². The Hall–Kier alpha value is -0.640. The SMILES string of the molecule is OC1OCCC(C(F)(F)F)(C(F)(F)F)C1(F)F. The molecule has 17 heavy (non-hydrogen) atoms. The van der Waals surface area contributed by atoms with Crippen molar-refractivity contribution in [2.24, 2.45) is 5.41 Å².